The van der Waals surface area contributed by atoms with Gasteiger partial charge in [0, 0.05) is 31.5 Å². The van der Waals surface area contributed by atoms with E-state index >= 15 is 0 Å². The Morgan fingerprint density at radius 1 is 1.56 bits per heavy atom. The molecule has 1 atom stereocenters. The SMILES string of the molecule is CS(=O)(=O)N(Cc1cccnc1)C1CCCNC1. The summed E-state index contributed by atoms with van der Waals surface area (Å²) in [6.45, 7) is 2.10. The van der Waals surface area contributed by atoms with Crippen molar-refractivity contribution in [1.82, 2.24) is 14.6 Å². The van der Waals surface area contributed by atoms with Crippen molar-refractivity contribution in [3.8, 4) is 0 Å². The van der Waals surface area contributed by atoms with Crippen LogP contribution in [0.25, 0.3) is 0 Å². The van der Waals surface area contributed by atoms with E-state index in [9.17, 15) is 8.42 Å². The first-order valence-corrected chi connectivity index (χ1v) is 7.98. The van der Waals surface area contributed by atoms with Crippen LogP contribution in [-0.4, -0.2) is 43.1 Å². The van der Waals surface area contributed by atoms with Gasteiger partial charge < -0.3 is 5.32 Å². The lowest BCUT2D eigenvalue weighted by atomic mass is 10.1. The lowest BCUT2D eigenvalue weighted by Gasteiger charge is -2.32. The first-order chi connectivity index (χ1) is 8.57. The van der Waals surface area contributed by atoms with Gasteiger partial charge in [-0.1, -0.05) is 6.07 Å². The van der Waals surface area contributed by atoms with E-state index in [0.717, 1.165) is 31.5 Å². The van der Waals surface area contributed by atoms with Gasteiger partial charge in [0.15, 0.2) is 0 Å². The second-order valence-corrected chi connectivity index (χ2v) is 6.60. The third-order valence-corrected chi connectivity index (χ3v) is 4.44. The van der Waals surface area contributed by atoms with Crippen LogP contribution in [0.15, 0.2) is 24.5 Å². The van der Waals surface area contributed by atoms with Crippen molar-refractivity contribution < 1.29 is 8.42 Å². The molecule has 1 N–H and O–H groups in total. The van der Waals surface area contributed by atoms with Gasteiger partial charge in [-0.2, -0.15) is 4.31 Å². The molecule has 0 bridgehead atoms. The highest BCUT2D eigenvalue weighted by Gasteiger charge is 2.27. The Morgan fingerprint density at radius 3 is 2.94 bits per heavy atom. The summed E-state index contributed by atoms with van der Waals surface area (Å²) in [5.41, 5.74) is 0.925. The Bertz CT molecular complexity index is 469. The fraction of sp³-hybridized carbons (Fsp3) is 0.583. The minimum absolute atomic E-state index is 0.0500. The molecule has 2 rings (SSSR count). The second kappa shape index (κ2) is 5.77. The molecule has 2 heterocycles. The predicted octanol–water partition coefficient (Wildman–Crippen LogP) is 0.595. The summed E-state index contributed by atoms with van der Waals surface area (Å²) in [6.07, 6.45) is 6.62. The third-order valence-electron chi connectivity index (χ3n) is 3.17. The van der Waals surface area contributed by atoms with Crippen molar-refractivity contribution in [2.75, 3.05) is 19.3 Å². The summed E-state index contributed by atoms with van der Waals surface area (Å²) < 4.78 is 25.4. The number of rotatable bonds is 4. The second-order valence-electron chi connectivity index (χ2n) is 4.67. The quantitative estimate of drug-likeness (QED) is 0.869. The Kier molecular flexibility index (Phi) is 4.31. The van der Waals surface area contributed by atoms with Gasteiger partial charge in [0.05, 0.1) is 6.26 Å². The van der Waals surface area contributed by atoms with Gasteiger partial charge in [-0.25, -0.2) is 8.42 Å². The monoisotopic (exact) mass is 269 g/mol. The van der Waals surface area contributed by atoms with Crippen LogP contribution in [0.1, 0.15) is 18.4 Å². The van der Waals surface area contributed by atoms with Gasteiger partial charge in [0.2, 0.25) is 10.0 Å². The molecule has 1 aromatic heterocycles. The average Bonchev–Trinajstić information content (AvgIpc) is 2.37. The van der Waals surface area contributed by atoms with Gasteiger partial charge in [-0.3, -0.25) is 4.98 Å². The molecule has 5 nitrogen and oxygen atoms in total. The first-order valence-electron chi connectivity index (χ1n) is 6.14. The topological polar surface area (TPSA) is 62.3 Å². The van der Waals surface area contributed by atoms with Gasteiger partial charge in [-0.05, 0) is 31.0 Å². The summed E-state index contributed by atoms with van der Waals surface area (Å²) in [4.78, 5) is 4.03. The molecule has 18 heavy (non-hydrogen) atoms. The number of hydrogen-bond acceptors (Lipinski definition) is 4. The molecule has 1 unspecified atom stereocenters. The van der Waals surface area contributed by atoms with Gasteiger partial charge in [0.25, 0.3) is 0 Å². The lowest BCUT2D eigenvalue weighted by molar-refractivity contribution is 0.261. The van der Waals surface area contributed by atoms with Crippen LogP contribution in [0.4, 0.5) is 0 Å². The van der Waals surface area contributed by atoms with Crippen molar-refractivity contribution in [1.29, 1.82) is 0 Å². The molecule has 100 valence electrons. The van der Waals surface area contributed by atoms with Crippen LogP contribution in [0.5, 0.6) is 0 Å². The van der Waals surface area contributed by atoms with Crippen LogP contribution in [0.3, 0.4) is 0 Å². The maximum absolute atomic E-state index is 11.9. The lowest BCUT2D eigenvalue weighted by Crippen LogP contribution is -2.47. The molecule has 6 heteroatoms. The van der Waals surface area contributed by atoms with Crippen LogP contribution >= 0.6 is 0 Å². The number of sulfonamides is 1. The molecular weight excluding hydrogens is 250 g/mol. The highest BCUT2D eigenvalue weighted by molar-refractivity contribution is 7.88. The van der Waals surface area contributed by atoms with E-state index in [2.05, 4.69) is 10.3 Å². The predicted molar refractivity (Wildman–Crippen MR) is 70.5 cm³/mol. The maximum Gasteiger partial charge on any atom is 0.211 e. The van der Waals surface area contributed by atoms with E-state index in [4.69, 9.17) is 0 Å². The van der Waals surface area contributed by atoms with Crippen molar-refractivity contribution in [3.63, 3.8) is 0 Å². The zero-order valence-corrected chi connectivity index (χ0v) is 11.4. The molecular formula is C12H19N3O2S. The van der Waals surface area contributed by atoms with Crippen molar-refractivity contribution in [2.24, 2.45) is 0 Å². The highest BCUT2D eigenvalue weighted by atomic mass is 32.2. The summed E-state index contributed by atoms with van der Waals surface area (Å²) in [7, 11) is -3.20. The fourth-order valence-electron chi connectivity index (χ4n) is 2.27. The molecule has 1 aromatic rings. The maximum atomic E-state index is 11.9. The minimum atomic E-state index is -3.20. The van der Waals surface area contributed by atoms with Crippen LogP contribution in [-0.2, 0) is 16.6 Å². The Balaban J connectivity index is 2.15. The molecule has 1 saturated heterocycles. The highest BCUT2D eigenvalue weighted by Crippen LogP contribution is 2.17. The summed E-state index contributed by atoms with van der Waals surface area (Å²) in [5, 5.41) is 3.25. The number of hydrogen-bond donors (Lipinski definition) is 1. The standard InChI is InChI=1S/C12H19N3O2S/c1-18(16,17)15(12-5-3-7-14-9-12)10-11-4-2-6-13-8-11/h2,4,6,8,12,14H,3,5,7,9-10H2,1H3. The Hall–Kier alpha value is -0.980. The van der Waals surface area contributed by atoms with Crippen LogP contribution in [0.2, 0.25) is 0 Å². The average molecular weight is 269 g/mol. The van der Waals surface area contributed by atoms with Gasteiger partial charge in [-0.15, -0.1) is 0 Å². The number of nitrogens with one attached hydrogen (secondary N) is 1. The molecule has 0 amide bonds. The Morgan fingerprint density at radius 2 is 2.39 bits per heavy atom. The zero-order chi connectivity index (χ0) is 13.0. The van der Waals surface area contributed by atoms with E-state index < -0.39 is 10.0 Å². The van der Waals surface area contributed by atoms with Gasteiger partial charge >= 0.3 is 0 Å². The van der Waals surface area contributed by atoms with Crippen molar-refractivity contribution in [3.05, 3.63) is 30.1 Å². The van der Waals surface area contributed by atoms with Crippen LogP contribution < -0.4 is 5.32 Å². The molecule has 0 aliphatic carbocycles. The number of aromatic nitrogens is 1. The fourth-order valence-corrected chi connectivity index (χ4v) is 3.37. The number of pyridine rings is 1. The first kappa shape index (κ1) is 13.5. The van der Waals surface area contributed by atoms with Crippen LogP contribution in [0, 0.1) is 0 Å². The third kappa shape index (κ3) is 3.51. The molecule has 0 spiro atoms. The van der Waals surface area contributed by atoms with E-state index in [1.165, 1.54) is 6.26 Å². The molecule has 0 radical (unpaired) electrons. The van der Waals surface area contributed by atoms with E-state index in [0.29, 0.717) is 6.54 Å². The van der Waals surface area contributed by atoms with Gasteiger partial charge in [0.1, 0.15) is 0 Å². The minimum Gasteiger partial charge on any atom is -0.315 e. The Labute approximate surface area is 108 Å². The number of nitrogens with zero attached hydrogens (tertiary/aromatic N) is 2. The molecule has 0 saturated carbocycles. The van der Waals surface area contributed by atoms with E-state index in [1.54, 1.807) is 16.7 Å². The summed E-state index contributed by atoms with van der Waals surface area (Å²) in [5.74, 6) is 0. The normalized spacial score (nSPS) is 21.1. The summed E-state index contributed by atoms with van der Waals surface area (Å²) in [6, 6.07) is 3.78. The molecule has 1 aliphatic rings. The number of piperidine rings is 1. The van der Waals surface area contributed by atoms with Crippen molar-refractivity contribution in [2.45, 2.75) is 25.4 Å². The van der Waals surface area contributed by atoms with E-state index in [-0.39, 0.29) is 6.04 Å². The largest absolute Gasteiger partial charge is 0.315 e. The zero-order valence-electron chi connectivity index (χ0n) is 10.5. The smallest absolute Gasteiger partial charge is 0.211 e. The molecule has 0 aromatic carbocycles. The summed E-state index contributed by atoms with van der Waals surface area (Å²) >= 11 is 0. The van der Waals surface area contributed by atoms with E-state index in [1.807, 2.05) is 12.1 Å². The molecule has 1 fully saturated rings. The molecule has 1 aliphatic heterocycles. The van der Waals surface area contributed by atoms with Crippen molar-refractivity contribution >= 4 is 10.0 Å².